The van der Waals surface area contributed by atoms with Crippen molar-refractivity contribution in [3.63, 3.8) is 0 Å². The molecule has 0 aromatic heterocycles. The summed E-state index contributed by atoms with van der Waals surface area (Å²) >= 11 is 1.80. The molecule has 2 radical (unpaired) electrons. The lowest BCUT2D eigenvalue weighted by atomic mass is 9.97. The monoisotopic (exact) mass is 162 g/mol. The van der Waals surface area contributed by atoms with Gasteiger partial charge < -0.3 is 0 Å². The van der Waals surface area contributed by atoms with E-state index >= 15 is 0 Å². The minimum absolute atomic E-state index is 0.597. The lowest BCUT2D eigenvalue weighted by Gasteiger charge is -2.07. The van der Waals surface area contributed by atoms with E-state index in [-0.39, 0.29) is 0 Å². The van der Waals surface area contributed by atoms with Gasteiger partial charge in [-0.15, -0.1) is 11.8 Å². The summed E-state index contributed by atoms with van der Waals surface area (Å²) in [6, 6.07) is 7.96. The van der Waals surface area contributed by atoms with Crippen LogP contribution >= 0.6 is 11.8 Å². The van der Waals surface area contributed by atoms with Gasteiger partial charge in [0.15, 0.2) is 0 Å². The van der Waals surface area contributed by atoms with Crippen LogP contribution in [0.4, 0.5) is 0 Å². The highest BCUT2D eigenvalue weighted by Crippen LogP contribution is 2.19. The molecular formula is C9H11BS. The molecule has 0 spiro atoms. The number of rotatable bonds is 2. The van der Waals surface area contributed by atoms with Crippen molar-refractivity contribution in [2.24, 2.45) is 0 Å². The maximum atomic E-state index is 5.75. The quantitative estimate of drug-likeness (QED) is 0.473. The second kappa shape index (κ2) is 3.86. The molecule has 11 heavy (non-hydrogen) atoms. The molecule has 56 valence electrons. The molecule has 0 amide bonds. The second-order valence-corrected chi connectivity index (χ2v) is 4.32. The van der Waals surface area contributed by atoms with Crippen LogP contribution in [0.1, 0.15) is 13.8 Å². The summed E-state index contributed by atoms with van der Waals surface area (Å²) in [4.78, 5) is 1.18. The fourth-order valence-electron chi connectivity index (χ4n) is 0.842. The topological polar surface area (TPSA) is 0 Å². The van der Waals surface area contributed by atoms with Gasteiger partial charge in [-0.3, -0.25) is 0 Å². The zero-order valence-corrected chi connectivity index (χ0v) is 7.69. The van der Waals surface area contributed by atoms with Crippen LogP contribution in [0.3, 0.4) is 0 Å². The molecule has 0 nitrogen and oxygen atoms in total. The van der Waals surface area contributed by atoms with Crippen molar-refractivity contribution in [1.29, 1.82) is 0 Å². The van der Waals surface area contributed by atoms with Crippen molar-refractivity contribution < 1.29 is 0 Å². The molecule has 0 saturated heterocycles. The Morgan fingerprint density at radius 1 is 1.27 bits per heavy atom. The first-order chi connectivity index (χ1) is 5.20. The molecule has 0 fully saturated rings. The van der Waals surface area contributed by atoms with Crippen LogP contribution in [0.5, 0.6) is 0 Å². The van der Waals surface area contributed by atoms with E-state index in [0.717, 1.165) is 5.46 Å². The fourth-order valence-corrected chi connectivity index (χ4v) is 1.71. The lowest BCUT2D eigenvalue weighted by molar-refractivity contribution is 1.11. The fraction of sp³-hybridized carbons (Fsp3) is 0.333. The van der Waals surface area contributed by atoms with Crippen LogP contribution in [0.15, 0.2) is 29.2 Å². The Hall–Kier alpha value is -0.365. The molecule has 1 aromatic carbocycles. The van der Waals surface area contributed by atoms with Crippen LogP contribution in [0, 0.1) is 0 Å². The smallest absolute Gasteiger partial charge is 0.115 e. The largest absolute Gasteiger partial charge is 0.124 e. The van der Waals surface area contributed by atoms with E-state index in [9.17, 15) is 0 Å². The van der Waals surface area contributed by atoms with E-state index in [1.165, 1.54) is 4.90 Å². The van der Waals surface area contributed by atoms with Gasteiger partial charge in [-0.2, -0.15) is 0 Å². The molecule has 2 heteroatoms. The molecule has 0 aliphatic carbocycles. The Balaban J connectivity index is 2.78. The van der Waals surface area contributed by atoms with Crippen LogP contribution in [-0.4, -0.2) is 13.1 Å². The van der Waals surface area contributed by atoms with Gasteiger partial charge in [0.1, 0.15) is 7.85 Å². The van der Waals surface area contributed by atoms with Gasteiger partial charge in [-0.05, 0) is 6.07 Å². The maximum Gasteiger partial charge on any atom is 0.115 e. The summed E-state index contributed by atoms with van der Waals surface area (Å²) in [5.74, 6) is 0. The van der Waals surface area contributed by atoms with E-state index in [2.05, 4.69) is 19.9 Å². The second-order valence-electron chi connectivity index (χ2n) is 2.70. The summed E-state index contributed by atoms with van der Waals surface area (Å²) in [5, 5.41) is 0.597. The van der Waals surface area contributed by atoms with E-state index in [0.29, 0.717) is 5.25 Å². The number of hydrogen-bond acceptors (Lipinski definition) is 1. The molecule has 0 heterocycles. The van der Waals surface area contributed by atoms with E-state index < -0.39 is 0 Å². The highest BCUT2D eigenvalue weighted by Gasteiger charge is 1.98. The summed E-state index contributed by atoms with van der Waals surface area (Å²) in [6.07, 6.45) is 0. The van der Waals surface area contributed by atoms with Gasteiger partial charge >= 0.3 is 0 Å². The average molecular weight is 162 g/mol. The highest BCUT2D eigenvalue weighted by atomic mass is 32.2. The first kappa shape index (κ1) is 8.73. The van der Waals surface area contributed by atoms with Gasteiger partial charge in [0.25, 0.3) is 0 Å². The Morgan fingerprint density at radius 2 is 1.91 bits per heavy atom. The van der Waals surface area contributed by atoms with Crippen LogP contribution in [0.25, 0.3) is 0 Å². The maximum absolute atomic E-state index is 5.75. The van der Waals surface area contributed by atoms with Crippen molar-refractivity contribution in [3.8, 4) is 0 Å². The summed E-state index contributed by atoms with van der Waals surface area (Å²) in [6.45, 7) is 4.33. The third-order valence-electron chi connectivity index (χ3n) is 1.28. The standard InChI is InChI=1S/C9H11BS/c1-7(2)11-9-6-4-3-5-8(9)10/h3-7H,1-2H3. The predicted molar refractivity (Wildman–Crippen MR) is 52.8 cm³/mol. The molecular weight excluding hydrogens is 151 g/mol. The molecule has 1 rings (SSSR count). The Bertz CT molecular complexity index is 233. The van der Waals surface area contributed by atoms with Gasteiger partial charge in [0, 0.05) is 10.1 Å². The number of hydrogen-bond donors (Lipinski definition) is 0. The van der Waals surface area contributed by atoms with Crippen molar-refractivity contribution in [2.45, 2.75) is 24.0 Å². The first-order valence-corrected chi connectivity index (χ1v) is 4.59. The van der Waals surface area contributed by atoms with Crippen molar-refractivity contribution in [1.82, 2.24) is 0 Å². The third-order valence-corrected chi connectivity index (χ3v) is 2.38. The first-order valence-electron chi connectivity index (χ1n) is 3.71. The lowest BCUT2D eigenvalue weighted by Crippen LogP contribution is -2.05. The summed E-state index contributed by atoms with van der Waals surface area (Å²) in [7, 11) is 5.75. The number of benzene rings is 1. The minimum atomic E-state index is 0.597. The van der Waals surface area contributed by atoms with Gasteiger partial charge in [0.05, 0.1) is 0 Å². The predicted octanol–water partition coefficient (Wildman–Crippen LogP) is 1.98. The molecule has 0 atom stereocenters. The normalized spacial score (nSPS) is 10.5. The molecule has 0 unspecified atom stereocenters. The van der Waals surface area contributed by atoms with Gasteiger partial charge in [0.2, 0.25) is 0 Å². The molecule has 0 aliphatic rings. The molecule has 0 N–H and O–H groups in total. The summed E-state index contributed by atoms with van der Waals surface area (Å²) in [5.41, 5.74) is 0.881. The number of thioether (sulfide) groups is 1. The van der Waals surface area contributed by atoms with Crippen molar-refractivity contribution in [2.75, 3.05) is 0 Å². The molecule has 0 bridgehead atoms. The SMILES string of the molecule is [B]c1ccccc1SC(C)C. The zero-order valence-electron chi connectivity index (χ0n) is 6.87. The Kier molecular flexibility index (Phi) is 3.07. The van der Waals surface area contributed by atoms with Crippen molar-refractivity contribution in [3.05, 3.63) is 24.3 Å². The van der Waals surface area contributed by atoms with Crippen LogP contribution < -0.4 is 5.46 Å². The van der Waals surface area contributed by atoms with Gasteiger partial charge in [-0.25, -0.2) is 0 Å². The molecule has 1 aromatic rings. The summed E-state index contributed by atoms with van der Waals surface area (Å²) < 4.78 is 0. The highest BCUT2D eigenvalue weighted by molar-refractivity contribution is 8.00. The third kappa shape index (κ3) is 2.62. The molecule has 0 aliphatic heterocycles. The van der Waals surface area contributed by atoms with E-state index in [1.54, 1.807) is 11.8 Å². The van der Waals surface area contributed by atoms with E-state index in [4.69, 9.17) is 7.85 Å². The van der Waals surface area contributed by atoms with Crippen LogP contribution in [-0.2, 0) is 0 Å². The van der Waals surface area contributed by atoms with Crippen molar-refractivity contribution >= 4 is 25.1 Å². The minimum Gasteiger partial charge on any atom is -0.124 e. The zero-order chi connectivity index (χ0) is 8.27. The van der Waals surface area contributed by atoms with Gasteiger partial charge in [-0.1, -0.05) is 37.5 Å². The average Bonchev–Trinajstić information content (AvgIpc) is 1.93. The van der Waals surface area contributed by atoms with Crippen LogP contribution in [0.2, 0.25) is 0 Å². The Labute approximate surface area is 73.8 Å². The van der Waals surface area contributed by atoms with E-state index in [1.807, 2.05) is 18.2 Å². The molecule has 0 saturated carbocycles. The Morgan fingerprint density at radius 3 is 2.45 bits per heavy atom.